The maximum Gasteiger partial charge on any atom is 0.229 e. The van der Waals surface area contributed by atoms with E-state index in [4.69, 9.17) is 10.2 Å². The first kappa shape index (κ1) is 13.3. The fourth-order valence-electron chi connectivity index (χ4n) is 1.68. The molecular formula is C14H17N3OSi. The number of aromatic nitrogens is 2. The first-order valence-corrected chi connectivity index (χ1v) is 8.94. The molecule has 0 aliphatic heterocycles. The van der Waals surface area contributed by atoms with Crippen LogP contribution < -0.4 is 10.2 Å². The number of nitrogens with zero attached hydrogens (tertiary/aromatic N) is 2. The van der Waals surface area contributed by atoms with E-state index < -0.39 is 9.04 Å². The lowest BCUT2D eigenvalue weighted by atomic mass is 10.1. The van der Waals surface area contributed by atoms with Crippen LogP contribution in [0.5, 0.6) is 5.75 Å². The first-order valence-electron chi connectivity index (χ1n) is 6.16. The van der Waals surface area contributed by atoms with E-state index in [1.807, 2.05) is 24.3 Å². The van der Waals surface area contributed by atoms with Gasteiger partial charge in [0.05, 0.1) is 11.9 Å². The van der Waals surface area contributed by atoms with Gasteiger partial charge in [-0.2, -0.15) is 0 Å². The summed E-state index contributed by atoms with van der Waals surface area (Å²) in [4.78, 5) is 8.20. The van der Waals surface area contributed by atoms with Gasteiger partial charge in [-0.1, -0.05) is 12.1 Å². The molecule has 2 aromatic rings. The van der Waals surface area contributed by atoms with Gasteiger partial charge >= 0.3 is 0 Å². The van der Waals surface area contributed by atoms with E-state index in [1.54, 1.807) is 24.7 Å². The summed E-state index contributed by atoms with van der Waals surface area (Å²) >= 11 is 0. The highest BCUT2D eigenvalue weighted by atomic mass is 28.3. The lowest BCUT2D eigenvalue weighted by Crippen LogP contribution is -2.13. The summed E-state index contributed by atoms with van der Waals surface area (Å²) in [7, 11) is -1.16. The van der Waals surface area contributed by atoms with Crippen LogP contribution in [0.3, 0.4) is 0 Å². The predicted molar refractivity (Wildman–Crippen MR) is 80.0 cm³/mol. The lowest BCUT2D eigenvalue weighted by molar-refractivity contribution is 0.578. The molecule has 0 radical (unpaired) electrons. The van der Waals surface area contributed by atoms with Crippen molar-refractivity contribution in [2.45, 2.75) is 13.1 Å². The molecule has 2 rings (SSSR count). The third kappa shape index (κ3) is 3.66. The van der Waals surface area contributed by atoms with E-state index in [1.165, 1.54) is 0 Å². The number of rotatable bonds is 4. The molecule has 0 aliphatic rings. The minimum Gasteiger partial charge on any atom is -0.547 e. The summed E-state index contributed by atoms with van der Waals surface area (Å²) in [5.41, 5.74) is 8.39. The van der Waals surface area contributed by atoms with Crippen LogP contribution in [0.1, 0.15) is 11.3 Å². The zero-order valence-corrected chi connectivity index (χ0v) is 12.2. The standard InChI is InChI=1S/C14H17N3OSi/c1-19(2)18-14-6-4-3-5-12(14)13(15)9-11-10-16-7-8-17-11/h3-10,19H,15H2,1-2H3/b13-9-. The van der Waals surface area contributed by atoms with Crippen molar-refractivity contribution in [2.24, 2.45) is 5.73 Å². The van der Waals surface area contributed by atoms with Crippen LogP contribution in [0.15, 0.2) is 42.9 Å². The summed E-state index contributed by atoms with van der Waals surface area (Å²) in [6, 6.07) is 7.79. The Kier molecular flexibility index (Phi) is 4.30. The third-order valence-corrected chi connectivity index (χ3v) is 3.17. The zero-order valence-electron chi connectivity index (χ0n) is 11.1. The minimum atomic E-state index is -1.16. The fraction of sp³-hybridized carbons (Fsp3) is 0.143. The summed E-state index contributed by atoms with van der Waals surface area (Å²) in [5.74, 6) is 0.835. The van der Waals surface area contributed by atoms with Crippen LogP contribution in [0, 0.1) is 0 Å². The topological polar surface area (TPSA) is 61.0 Å². The van der Waals surface area contributed by atoms with Crippen molar-refractivity contribution in [3.05, 3.63) is 54.1 Å². The number of hydrogen-bond donors (Lipinski definition) is 1. The highest BCUT2D eigenvalue weighted by molar-refractivity contribution is 6.49. The molecule has 1 aromatic carbocycles. The van der Waals surface area contributed by atoms with Gasteiger partial charge in [0.2, 0.25) is 9.04 Å². The van der Waals surface area contributed by atoms with Gasteiger partial charge < -0.3 is 10.2 Å². The van der Waals surface area contributed by atoms with Gasteiger partial charge in [0.25, 0.3) is 0 Å². The summed E-state index contributed by atoms with van der Waals surface area (Å²) in [5, 5.41) is 0. The Hall–Kier alpha value is -2.14. The Labute approximate surface area is 114 Å². The van der Waals surface area contributed by atoms with Crippen molar-refractivity contribution in [2.75, 3.05) is 0 Å². The second-order valence-corrected chi connectivity index (χ2v) is 6.73. The van der Waals surface area contributed by atoms with Gasteiger partial charge in [-0.3, -0.25) is 9.97 Å². The van der Waals surface area contributed by atoms with Crippen LogP contribution in [-0.4, -0.2) is 19.0 Å². The van der Waals surface area contributed by atoms with Gasteiger partial charge in [-0.05, 0) is 31.3 Å². The molecule has 98 valence electrons. The van der Waals surface area contributed by atoms with Gasteiger partial charge in [-0.15, -0.1) is 0 Å². The van der Waals surface area contributed by atoms with Crippen molar-refractivity contribution in [3.8, 4) is 5.75 Å². The molecule has 19 heavy (non-hydrogen) atoms. The van der Waals surface area contributed by atoms with Crippen molar-refractivity contribution in [3.63, 3.8) is 0 Å². The fourth-order valence-corrected chi connectivity index (χ4v) is 2.40. The quantitative estimate of drug-likeness (QED) is 0.867. The van der Waals surface area contributed by atoms with Crippen molar-refractivity contribution in [1.82, 2.24) is 9.97 Å². The monoisotopic (exact) mass is 271 g/mol. The van der Waals surface area contributed by atoms with Gasteiger partial charge in [-0.25, -0.2) is 0 Å². The number of nitrogens with two attached hydrogens (primary N) is 1. The van der Waals surface area contributed by atoms with Crippen molar-refractivity contribution < 1.29 is 4.43 Å². The molecule has 2 N–H and O–H groups in total. The Bertz CT molecular complexity index is 570. The number of benzene rings is 1. The van der Waals surface area contributed by atoms with Gasteiger partial charge in [0, 0.05) is 23.7 Å². The molecule has 5 heteroatoms. The molecule has 4 nitrogen and oxygen atoms in total. The molecule has 0 bridgehead atoms. The molecular weight excluding hydrogens is 254 g/mol. The second-order valence-electron chi connectivity index (χ2n) is 4.39. The van der Waals surface area contributed by atoms with Crippen molar-refractivity contribution in [1.29, 1.82) is 0 Å². The maximum atomic E-state index is 6.13. The first-order chi connectivity index (χ1) is 9.16. The van der Waals surface area contributed by atoms with Crippen LogP contribution >= 0.6 is 0 Å². The highest BCUT2D eigenvalue weighted by Gasteiger charge is 2.07. The lowest BCUT2D eigenvalue weighted by Gasteiger charge is -2.14. The average molecular weight is 271 g/mol. The Morgan fingerprint density at radius 2 is 2.05 bits per heavy atom. The van der Waals surface area contributed by atoms with Crippen molar-refractivity contribution >= 4 is 20.8 Å². The number of hydrogen-bond acceptors (Lipinski definition) is 4. The molecule has 0 unspecified atom stereocenters. The minimum absolute atomic E-state index is 0.630. The molecule has 0 saturated carbocycles. The maximum absolute atomic E-state index is 6.13. The molecule has 0 aliphatic carbocycles. The SMILES string of the molecule is C[SiH](C)Oc1ccccc1/C(N)=C/c1cnccn1. The van der Waals surface area contributed by atoms with Crippen LogP contribution in [0.4, 0.5) is 0 Å². The van der Waals surface area contributed by atoms with E-state index in [0.29, 0.717) is 5.70 Å². The average Bonchev–Trinajstić information content (AvgIpc) is 2.39. The third-order valence-electron chi connectivity index (χ3n) is 2.45. The Morgan fingerprint density at radius 1 is 1.26 bits per heavy atom. The van der Waals surface area contributed by atoms with E-state index >= 15 is 0 Å². The highest BCUT2D eigenvalue weighted by Crippen LogP contribution is 2.24. The Balaban J connectivity index is 2.33. The smallest absolute Gasteiger partial charge is 0.229 e. The zero-order chi connectivity index (χ0) is 13.7. The number of para-hydroxylation sites is 1. The normalized spacial score (nSPS) is 11.6. The molecule has 0 fully saturated rings. The molecule has 1 heterocycles. The van der Waals surface area contributed by atoms with Crippen LogP contribution in [0.25, 0.3) is 11.8 Å². The summed E-state index contributed by atoms with van der Waals surface area (Å²) in [6.07, 6.45) is 6.75. The van der Waals surface area contributed by atoms with E-state index in [9.17, 15) is 0 Å². The molecule has 0 saturated heterocycles. The second kappa shape index (κ2) is 6.15. The van der Waals surface area contributed by atoms with E-state index in [2.05, 4.69) is 23.1 Å². The van der Waals surface area contributed by atoms with Crippen LogP contribution in [0.2, 0.25) is 13.1 Å². The van der Waals surface area contributed by atoms with E-state index in [-0.39, 0.29) is 0 Å². The van der Waals surface area contributed by atoms with Gasteiger partial charge in [0.1, 0.15) is 5.75 Å². The summed E-state index contributed by atoms with van der Waals surface area (Å²) < 4.78 is 5.89. The molecule has 0 atom stereocenters. The molecule has 0 spiro atoms. The van der Waals surface area contributed by atoms with Crippen LogP contribution in [-0.2, 0) is 0 Å². The molecule has 0 amide bonds. The predicted octanol–water partition coefficient (Wildman–Crippen LogP) is 2.30. The van der Waals surface area contributed by atoms with Gasteiger partial charge in [0.15, 0.2) is 0 Å². The largest absolute Gasteiger partial charge is 0.547 e. The Morgan fingerprint density at radius 3 is 2.74 bits per heavy atom. The van der Waals surface area contributed by atoms with E-state index in [0.717, 1.165) is 17.0 Å². The molecule has 1 aromatic heterocycles. The summed E-state index contributed by atoms with van der Waals surface area (Å²) in [6.45, 7) is 4.25.